The third-order valence-corrected chi connectivity index (χ3v) is 8.85. The monoisotopic (exact) mass is 514 g/mol. The highest BCUT2D eigenvalue weighted by Gasteiger charge is 2.40. The van der Waals surface area contributed by atoms with E-state index in [0.717, 1.165) is 11.6 Å². The number of hydrogen-bond donors (Lipinski definition) is 0. The van der Waals surface area contributed by atoms with Crippen LogP contribution >= 0.6 is 0 Å². The third kappa shape index (κ3) is 2.77. The Labute approximate surface area is 231 Å². The first kappa shape index (κ1) is 21.8. The number of pyridine rings is 1. The van der Waals surface area contributed by atoms with E-state index in [4.69, 9.17) is 4.98 Å². The van der Waals surface area contributed by atoms with Gasteiger partial charge in [-0.2, -0.15) is 0 Å². The molecule has 0 saturated carbocycles. The highest BCUT2D eigenvalue weighted by molar-refractivity contribution is 6.14. The molecule has 4 heterocycles. The molecule has 3 aromatic heterocycles. The predicted molar refractivity (Wildman–Crippen MR) is 166 cm³/mol. The van der Waals surface area contributed by atoms with E-state index in [1.54, 1.807) is 0 Å². The van der Waals surface area contributed by atoms with Crippen LogP contribution in [-0.2, 0) is 7.05 Å². The van der Waals surface area contributed by atoms with Gasteiger partial charge >= 0.3 is 0 Å². The fraction of sp³-hybridized carbons (Fsp3) is 0.0833. The zero-order valence-corrected chi connectivity index (χ0v) is 22.1. The lowest BCUT2D eigenvalue weighted by Crippen LogP contribution is -2.29. The lowest BCUT2D eigenvalue weighted by atomic mass is 9.91. The predicted octanol–water partition coefficient (Wildman–Crippen LogP) is 8.55. The van der Waals surface area contributed by atoms with Crippen molar-refractivity contribution in [3.05, 3.63) is 133 Å². The first-order chi connectivity index (χ1) is 19.8. The number of aromatic nitrogens is 3. The summed E-state index contributed by atoms with van der Waals surface area (Å²) in [6.07, 6.45) is 9.03. The van der Waals surface area contributed by atoms with Crippen LogP contribution in [0.15, 0.2) is 127 Å². The van der Waals surface area contributed by atoms with Gasteiger partial charge < -0.3 is 9.47 Å². The summed E-state index contributed by atoms with van der Waals surface area (Å²) in [7, 11) is 2.19. The number of para-hydroxylation sites is 3. The van der Waals surface area contributed by atoms with Gasteiger partial charge in [-0.15, -0.1) is 0 Å². The van der Waals surface area contributed by atoms with Gasteiger partial charge in [0.1, 0.15) is 11.6 Å². The first-order valence-electron chi connectivity index (χ1n) is 13.9. The Morgan fingerprint density at radius 1 is 0.575 bits per heavy atom. The van der Waals surface area contributed by atoms with E-state index in [1.165, 1.54) is 54.9 Å². The Kier molecular flexibility index (Phi) is 4.34. The standard InChI is InChI=1S/C36H26N4/c1-38-29-15-6-2-13-25(29)27-21-22-28-26-14-5-9-18-32(26)40(36(28)35(27)38)34-20-10-19-33(37-34)39-30-16-7-3-11-23(30)24-12-4-8-17-31(24)39/h2-22,26,32H,1H3. The van der Waals surface area contributed by atoms with Crippen LogP contribution in [0.4, 0.5) is 11.5 Å². The van der Waals surface area contributed by atoms with Crippen LogP contribution in [0.25, 0.3) is 49.4 Å². The highest BCUT2D eigenvalue weighted by atomic mass is 15.3. The molecule has 1 aliphatic heterocycles. The molecule has 0 radical (unpaired) electrons. The highest BCUT2D eigenvalue weighted by Crippen LogP contribution is 2.51. The summed E-state index contributed by atoms with van der Waals surface area (Å²) in [6, 6.07) is 37.2. The van der Waals surface area contributed by atoms with Crippen molar-refractivity contribution in [2.24, 2.45) is 7.05 Å². The maximum Gasteiger partial charge on any atom is 0.140 e. The van der Waals surface area contributed by atoms with Crippen molar-refractivity contribution in [3.63, 3.8) is 0 Å². The first-order valence-corrected chi connectivity index (χ1v) is 13.9. The molecule has 190 valence electrons. The van der Waals surface area contributed by atoms with Crippen LogP contribution in [0.1, 0.15) is 11.5 Å². The van der Waals surface area contributed by atoms with E-state index in [-0.39, 0.29) is 12.0 Å². The summed E-state index contributed by atoms with van der Waals surface area (Å²) < 4.78 is 4.66. The number of aryl methyl sites for hydroxylation is 1. The smallest absolute Gasteiger partial charge is 0.140 e. The summed E-state index contributed by atoms with van der Waals surface area (Å²) in [5.41, 5.74) is 7.47. The van der Waals surface area contributed by atoms with Crippen molar-refractivity contribution in [2.45, 2.75) is 12.0 Å². The fourth-order valence-electron chi connectivity index (χ4n) is 7.17. The van der Waals surface area contributed by atoms with Crippen LogP contribution in [-0.4, -0.2) is 20.2 Å². The summed E-state index contributed by atoms with van der Waals surface area (Å²) in [5.74, 6) is 2.17. The minimum Gasteiger partial charge on any atom is -0.342 e. The quantitative estimate of drug-likeness (QED) is 0.231. The molecule has 2 aliphatic rings. The van der Waals surface area contributed by atoms with Crippen molar-refractivity contribution in [3.8, 4) is 5.82 Å². The molecule has 0 amide bonds. The Morgan fingerprint density at radius 2 is 1.20 bits per heavy atom. The molecule has 0 saturated heterocycles. The van der Waals surface area contributed by atoms with Crippen LogP contribution in [0.2, 0.25) is 0 Å². The number of nitrogens with zero attached hydrogens (tertiary/aromatic N) is 4. The minimum absolute atomic E-state index is 0.171. The van der Waals surface area contributed by atoms with Gasteiger partial charge in [0.25, 0.3) is 0 Å². The molecule has 1 aliphatic carbocycles. The normalized spacial score (nSPS) is 17.9. The minimum atomic E-state index is 0.171. The van der Waals surface area contributed by atoms with E-state index in [1.807, 2.05) is 0 Å². The van der Waals surface area contributed by atoms with Gasteiger partial charge in [0.15, 0.2) is 0 Å². The van der Waals surface area contributed by atoms with Gasteiger partial charge in [-0.1, -0.05) is 97.1 Å². The van der Waals surface area contributed by atoms with E-state index < -0.39 is 0 Å². The molecule has 4 aromatic carbocycles. The molecule has 4 heteroatoms. The van der Waals surface area contributed by atoms with Crippen LogP contribution in [0.5, 0.6) is 0 Å². The Hall–Kier alpha value is -5.09. The third-order valence-electron chi connectivity index (χ3n) is 8.85. The number of anilines is 2. The van der Waals surface area contributed by atoms with Crippen LogP contribution in [0, 0.1) is 0 Å². The molecule has 9 rings (SSSR count). The number of rotatable bonds is 2. The molecule has 0 fully saturated rings. The van der Waals surface area contributed by atoms with E-state index in [2.05, 4.69) is 149 Å². The van der Waals surface area contributed by atoms with Gasteiger partial charge in [0.2, 0.25) is 0 Å². The van der Waals surface area contributed by atoms with Crippen molar-refractivity contribution >= 4 is 55.1 Å². The molecule has 7 aromatic rings. The second kappa shape index (κ2) is 7.96. The van der Waals surface area contributed by atoms with Crippen molar-refractivity contribution in [1.29, 1.82) is 0 Å². The second-order valence-electron chi connectivity index (χ2n) is 10.9. The number of hydrogen-bond acceptors (Lipinski definition) is 2. The zero-order valence-electron chi connectivity index (χ0n) is 22.1. The largest absolute Gasteiger partial charge is 0.342 e. The Bertz CT molecular complexity index is 2160. The lowest BCUT2D eigenvalue weighted by molar-refractivity contribution is 0.737. The molecule has 0 N–H and O–H groups in total. The maximum absolute atomic E-state index is 5.40. The van der Waals surface area contributed by atoms with Gasteiger partial charge in [-0.3, -0.25) is 4.57 Å². The Balaban J connectivity index is 1.32. The summed E-state index contributed by atoms with van der Waals surface area (Å²) >= 11 is 0. The fourth-order valence-corrected chi connectivity index (χ4v) is 7.17. The summed E-state index contributed by atoms with van der Waals surface area (Å²) in [5, 5.41) is 5.06. The van der Waals surface area contributed by atoms with E-state index in [9.17, 15) is 0 Å². The molecule has 4 nitrogen and oxygen atoms in total. The van der Waals surface area contributed by atoms with Gasteiger partial charge in [-0.05, 0) is 35.9 Å². The number of allylic oxidation sites excluding steroid dienone is 2. The van der Waals surface area contributed by atoms with E-state index in [0.29, 0.717) is 0 Å². The van der Waals surface area contributed by atoms with Gasteiger partial charge in [0.05, 0.1) is 28.3 Å². The van der Waals surface area contributed by atoms with Crippen molar-refractivity contribution < 1.29 is 0 Å². The average molecular weight is 515 g/mol. The summed E-state index contributed by atoms with van der Waals surface area (Å²) in [4.78, 5) is 7.87. The van der Waals surface area contributed by atoms with E-state index >= 15 is 0 Å². The zero-order chi connectivity index (χ0) is 26.4. The summed E-state index contributed by atoms with van der Waals surface area (Å²) in [6.45, 7) is 0. The van der Waals surface area contributed by atoms with Crippen LogP contribution in [0.3, 0.4) is 0 Å². The van der Waals surface area contributed by atoms with Crippen molar-refractivity contribution in [2.75, 3.05) is 4.90 Å². The molecule has 0 spiro atoms. The molecule has 2 atom stereocenters. The number of fused-ring (bicyclic) bond motifs is 10. The molecule has 2 unspecified atom stereocenters. The average Bonchev–Trinajstić information content (AvgIpc) is 3.63. The second-order valence-corrected chi connectivity index (χ2v) is 10.9. The van der Waals surface area contributed by atoms with Gasteiger partial charge in [0, 0.05) is 40.0 Å². The van der Waals surface area contributed by atoms with Crippen molar-refractivity contribution in [1.82, 2.24) is 14.1 Å². The molecular weight excluding hydrogens is 488 g/mol. The SMILES string of the molecule is Cn1c2ccccc2c2ccc3c(c21)N(c1cccc(-n2c4ccccc4c4ccccc42)n1)C1C=CC=CC31. The van der Waals surface area contributed by atoms with Gasteiger partial charge in [-0.25, -0.2) is 4.98 Å². The molecule has 0 bridgehead atoms. The number of benzene rings is 4. The van der Waals surface area contributed by atoms with Crippen LogP contribution < -0.4 is 4.90 Å². The maximum atomic E-state index is 5.40. The Morgan fingerprint density at radius 3 is 1.95 bits per heavy atom. The molecular formula is C36H26N4. The molecule has 40 heavy (non-hydrogen) atoms. The topological polar surface area (TPSA) is 26.0 Å². The lowest BCUT2D eigenvalue weighted by Gasteiger charge is -2.28.